The maximum atomic E-state index is 13.1. The third-order valence-electron chi connectivity index (χ3n) is 5.04. The quantitative estimate of drug-likeness (QED) is 0.470. The Balaban J connectivity index is 1.47. The van der Waals surface area contributed by atoms with Crippen LogP contribution in [0.5, 0.6) is 0 Å². The number of carbonyl (C=O) groups is 2. The summed E-state index contributed by atoms with van der Waals surface area (Å²) < 4.78 is 0.834. The smallest absolute Gasteiger partial charge is 0.283 e. The van der Waals surface area contributed by atoms with Gasteiger partial charge in [-0.15, -0.1) is 0 Å². The van der Waals surface area contributed by atoms with Crippen LogP contribution < -0.4 is 4.90 Å². The minimum Gasteiger partial charge on any atom is -0.363 e. The largest absolute Gasteiger partial charge is 0.363 e. The molecule has 0 N–H and O–H groups in total. The third-order valence-corrected chi connectivity index (χ3v) is 6.29. The maximum absolute atomic E-state index is 13.1. The van der Waals surface area contributed by atoms with E-state index < -0.39 is 5.91 Å². The van der Waals surface area contributed by atoms with E-state index in [1.807, 2.05) is 41.3 Å². The summed E-state index contributed by atoms with van der Waals surface area (Å²) in [6, 6.07) is 17.6. The highest BCUT2D eigenvalue weighted by molar-refractivity contribution is 14.1. The predicted octanol–water partition coefficient (Wildman–Crippen LogP) is 3.43. The molecule has 4 rings (SSSR count). The highest BCUT2D eigenvalue weighted by atomic mass is 127. The van der Waals surface area contributed by atoms with Gasteiger partial charge in [0.05, 0.1) is 5.69 Å². The van der Waals surface area contributed by atoms with Crippen LogP contribution in [0.1, 0.15) is 5.56 Å². The summed E-state index contributed by atoms with van der Waals surface area (Å²) in [6.07, 6.45) is 0. The number of hydrogen-bond donors (Lipinski definition) is 0. The van der Waals surface area contributed by atoms with Gasteiger partial charge in [0.15, 0.2) is 0 Å². The molecule has 1 saturated heterocycles. The number of nitrogens with zero attached hydrogens (tertiary/aromatic N) is 3. The van der Waals surface area contributed by atoms with Crippen molar-refractivity contribution in [3.63, 3.8) is 0 Å². The van der Waals surface area contributed by atoms with Gasteiger partial charge >= 0.3 is 0 Å². The Labute approximate surface area is 182 Å². The number of rotatable bonds is 4. The number of anilines is 1. The van der Waals surface area contributed by atoms with Crippen molar-refractivity contribution in [3.8, 4) is 0 Å². The molecule has 0 unspecified atom stereocenters. The number of carbonyl (C=O) groups excluding carboxylic acids is 2. The Morgan fingerprint density at radius 1 is 0.857 bits per heavy atom. The van der Waals surface area contributed by atoms with Crippen molar-refractivity contribution >= 4 is 51.7 Å². The Kier molecular flexibility index (Phi) is 5.70. The first-order chi connectivity index (χ1) is 13.6. The summed E-state index contributed by atoms with van der Waals surface area (Å²) in [6.45, 7) is 3.83. The van der Waals surface area contributed by atoms with Gasteiger partial charge in [-0.05, 0) is 40.3 Å². The average Bonchev–Trinajstić information content (AvgIpc) is 2.93. The zero-order valence-electron chi connectivity index (χ0n) is 15.1. The van der Waals surface area contributed by atoms with Crippen molar-refractivity contribution in [2.75, 3.05) is 31.1 Å². The molecule has 2 aliphatic rings. The summed E-state index contributed by atoms with van der Waals surface area (Å²) in [5.41, 5.74) is 2.17. The Morgan fingerprint density at radius 3 is 2.18 bits per heavy atom. The normalized spacial score (nSPS) is 18.4. The van der Waals surface area contributed by atoms with E-state index in [1.54, 1.807) is 6.07 Å². The van der Waals surface area contributed by atoms with Crippen LogP contribution in [0.4, 0.5) is 5.69 Å². The second-order valence-corrected chi connectivity index (χ2v) is 8.35. The van der Waals surface area contributed by atoms with E-state index in [9.17, 15) is 9.59 Å². The van der Waals surface area contributed by atoms with Crippen molar-refractivity contribution in [2.24, 2.45) is 0 Å². The standard InChI is InChI=1S/C21H19ClIN3O2/c22-18-19(21(28)26(20(18)27)17-9-5-4-8-16(17)23)25-12-10-24(11-13-25)14-15-6-2-1-3-7-15/h1-9H,10-14H2. The molecule has 0 aromatic heterocycles. The van der Waals surface area contributed by atoms with Gasteiger partial charge in [0.1, 0.15) is 10.7 Å². The number of para-hydroxylation sites is 1. The Hall–Kier alpha value is -1.90. The molecule has 1 fully saturated rings. The summed E-state index contributed by atoms with van der Waals surface area (Å²) in [4.78, 5) is 31.2. The number of hydrogen-bond acceptors (Lipinski definition) is 4. The Morgan fingerprint density at radius 2 is 1.50 bits per heavy atom. The van der Waals surface area contributed by atoms with E-state index in [2.05, 4.69) is 39.6 Å². The van der Waals surface area contributed by atoms with Gasteiger partial charge in [-0.25, -0.2) is 4.90 Å². The first-order valence-electron chi connectivity index (χ1n) is 9.10. The lowest BCUT2D eigenvalue weighted by Crippen LogP contribution is -2.47. The van der Waals surface area contributed by atoms with Crippen LogP contribution in [0, 0.1) is 3.57 Å². The molecule has 0 atom stereocenters. The van der Waals surface area contributed by atoms with E-state index in [0.717, 1.165) is 23.2 Å². The molecule has 0 bridgehead atoms. The van der Waals surface area contributed by atoms with Crippen LogP contribution in [0.15, 0.2) is 65.3 Å². The maximum Gasteiger partial charge on any atom is 0.283 e. The van der Waals surface area contributed by atoms with Gasteiger partial charge in [-0.3, -0.25) is 14.5 Å². The fourth-order valence-corrected chi connectivity index (χ4v) is 4.50. The fourth-order valence-electron chi connectivity index (χ4n) is 3.59. The highest BCUT2D eigenvalue weighted by Gasteiger charge is 2.42. The first-order valence-corrected chi connectivity index (χ1v) is 10.6. The molecule has 144 valence electrons. The molecular formula is C21H19ClIN3O2. The molecule has 0 saturated carbocycles. The molecule has 28 heavy (non-hydrogen) atoms. The summed E-state index contributed by atoms with van der Waals surface area (Å²) in [5.74, 6) is -0.784. The minimum atomic E-state index is -0.447. The van der Waals surface area contributed by atoms with Crippen LogP contribution >= 0.6 is 34.2 Å². The second-order valence-electron chi connectivity index (χ2n) is 6.81. The molecule has 0 spiro atoms. The average molecular weight is 508 g/mol. The second kappa shape index (κ2) is 8.23. The first kappa shape index (κ1) is 19.4. The molecular weight excluding hydrogens is 489 g/mol. The molecule has 7 heteroatoms. The van der Waals surface area contributed by atoms with Crippen molar-refractivity contribution in [3.05, 3.63) is 74.5 Å². The topological polar surface area (TPSA) is 43.9 Å². The predicted molar refractivity (Wildman–Crippen MR) is 118 cm³/mol. The van der Waals surface area contributed by atoms with Gasteiger partial charge in [0.25, 0.3) is 11.8 Å². The summed E-state index contributed by atoms with van der Waals surface area (Å²) >= 11 is 8.45. The van der Waals surface area contributed by atoms with Crippen molar-refractivity contribution < 1.29 is 9.59 Å². The van der Waals surface area contributed by atoms with Gasteiger partial charge in [-0.2, -0.15) is 0 Å². The molecule has 0 radical (unpaired) electrons. The van der Waals surface area contributed by atoms with E-state index in [-0.39, 0.29) is 10.9 Å². The van der Waals surface area contributed by atoms with Crippen LogP contribution in [-0.2, 0) is 16.1 Å². The van der Waals surface area contributed by atoms with Crippen LogP contribution in [0.25, 0.3) is 0 Å². The SMILES string of the molecule is O=C1C(Cl)=C(N2CCN(Cc3ccccc3)CC2)C(=O)N1c1ccccc1I. The number of piperazine rings is 1. The van der Waals surface area contributed by atoms with Crippen LogP contribution in [-0.4, -0.2) is 47.8 Å². The molecule has 2 aliphatic heterocycles. The number of benzene rings is 2. The third kappa shape index (κ3) is 3.68. The molecule has 2 aromatic carbocycles. The lowest BCUT2D eigenvalue weighted by atomic mass is 10.2. The number of imide groups is 1. The lowest BCUT2D eigenvalue weighted by Gasteiger charge is -2.36. The zero-order valence-corrected chi connectivity index (χ0v) is 18.1. The van der Waals surface area contributed by atoms with Crippen molar-refractivity contribution in [1.29, 1.82) is 0 Å². The number of amides is 2. The lowest BCUT2D eigenvalue weighted by molar-refractivity contribution is -0.121. The number of halogens is 2. The Bertz CT molecular complexity index is 940. The molecule has 2 heterocycles. The molecule has 2 amide bonds. The van der Waals surface area contributed by atoms with E-state index in [0.29, 0.717) is 24.5 Å². The van der Waals surface area contributed by atoms with Gasteiger partial charge in [-0.1, -0.05) is 54.1 Å². The van der Waals surface area contributed by atoms with Gasteiger partial charge in [0.2, 0.25) is 0 Å². The minimum absolute atomic E-state index is 0.0150. The summed E-state index contributed by atoms with van der Waals surface area (Å²) in [5, 5.41) is 0.0150. The van der Waals surface area contributed by atoms with E-state index in [1.165, 1.54) is 10.5 Å². The zero-order chi connectivity index (χ0) is 19.7. The van der Waals surface area contributed by atoms with E-state index in [4.69, 9.17) is 11.6 Å². The highest BCUT2D eigenvalue weighted by Crippen LogP contribution is 2.33. The van der Waals surface area contributed by atoms with Crippen LogP contribution in [0.3, 0.4) is 0 Å². The monoisotopic (exact) mass is 507 g/mol. The van der Waals surface area contributed by atoms with Crippen LogP contribution in [0.2, 0.25) is 0 Å². The fraction of sp³-hybridized carbons (Fsp3) is 0.238. The summed E-state index contributed by atoms with van der Waals surface area (Å²) in [7, 11) is 0. The van der Waals surface area contributed by atoms with Crippen molar-refractivity contribution in [2.45, 2.75) is 6.54 Å². The molecule has 0 aliphatic carbocycles. The van der Waals surface area contributed by atoms with E-state index >= 15 is 0 Å². The van der Waals surface area contributed by atoms with Gasteiger partial charge < -0.3 is 4.90 Å². The van der Waals surface area contributed by atoms with Crippen molar-refractivity contribution in [1.82, 2.24) is 9.80 Å². The molecule has 5 nitrogen and oxygen atoms in total. The molecule has 2 aromatic rings. The van der Waals surface area contributed by atoms with Gasteiger partial charge in [0, 0.05) is 36.3 Å².